The fourth-order valence-corrected chi connectivity index (χ4v) is 3.84. The molecule has 0 amide bonds. The van der Waals surface area contributed by atoms with Crippen molar-refractivity contribution >= 4 is 8.32 Å². The van der Waals surface area contributed by atoms with E-state index in [4.69, 9.17) is 9.53 Å². The van der Waals surface area contributed by atoms with Gasteiger partial charge in [-0.05, 0) is 56.7 Å². The molecule has 19 heavy (non-hydrogen) atoms. The molecule has 1 aliphatic rings. The molecule has 0 heterocycles. The summed E-state index contributed by atoms with van der Waals surface area (Å²) in [6.07, 6.45) is 7.47. The summed E-state index contributed by atoms with van der Waals surface area (Å²) in [5.74, 6) is 0.645. The zero-order valence-electron chi connectivity index (χ0n) is 13.6. The fraction of sp³-hybridized carbons (Fsp3) is 0.875. The average molecular weight is 285 g/mol. The molecule has 0 spiro atoms. The van der Waals surface area contributed by atoms with Crippen molar-refractivity contribution in [2.45, 2.75) is 77.6 Å². The van der Waals surface area contributed by atoms with Crippen molar-refractivity contribution in [3.8, 4) is 0 Å². The summed E-state index contributed by atoms with van der Waals surface area (Å²) >= 11 is 0. The molecule has 0 saturated heterocycles. The molecule has 1 aliphatic carbocycles. The van der Waals surface area contributed by atoms with Gasteiger partial charge in [-0.3, -0.25) is 0 Å². The number of allylic oxidation sites excluding steroid dienone is 1. The van der Waals surface area contributed by atoms with Gasteiger partial charge in [0.15, 0.2) is 8.32 Å². The van der Waals surface area contributed by atoms with Gasteiger partial charge >= 0.3 is 0 Å². The van der Waals surface area contributed by atoms with E-state index in [1.165, 1.54) is 25.7 Å². The van der Waals surface area contributed by atoms with E-state index in [2.05, 4.69) is 39.9 Å². The fourth-order valence-electron chi connectivity index (χ4n) is 2.42. The highest BCUT2D eigenvalue weighted by Crippen LogP contribution is 2.39. The molecule has 1 rings (SSSR count). The van der Waals surface area contributed by atoms with Gasteiger partial charge in [0, 0.05) is 6.10 Å². The maximum atomic E-state index is 9.07. The van der Waals surface area contributed by atoms with Gasteiger partial charge in [-0.15, -0.1) is 0 Å². The third-order valence-electron chi connectivity index (χ3n) is 4.76. The molecule has 1 fully saturated rings. The van der Waals surface area contributed by atoms with E-state index >= 15 is 0 Å². The van der Waals surface area contributed by atoms with Crippen LogP contribution in [0.15, 0.2) is 11.6 Å². The van der Waals surface area contributed by atoms with Crippen LogP contribution in [0, 0.1) is 5.92 Å². The third-order valence-corrected chi connectivity index (χ3v) is 9.29. The van der Waals surface area contributed by atoms with Crippen LogP contribution in [0.25, 0.3) is 0 Å². The Hall–Kier alpha value is -0.123. The van der Waals surface area contributed by atoms with Crippen LogP contribution in [0.4, 0.5) is 0 Å². The molecular formula is C16H32O2Si. The maximum absolute atomic E-state index is 9.07. The van der Waals surface area contributed by atoms with Crippen LogP contribution in [-0.2, 0) is 4.43 Å². The first-order valence-corrected chi connectivity index (χ1v) is 10.5. The molecule has 0 aliphatic heterocycles. The Morgan fingerprint density at radius 1 is 1.21 bits per heavy atom. The van der Waals surface area contributed by atoms with Crippen molar-refractivity contribution in [3.05, 3.63) is 11.6 Å². The summed E-state index contributed by atoms with van der Waals surface area (Å²) in [5.41, 5.74) is 1.11. The summed E-state index contributed by atoms with van der Waals surface area (Å²) in [5, 5.41) is 9.38. The van der Waals surface area contributed by atoms with E-state index in [1.54, 1.807) is 0 Å². The minimum atomic E-state index is -1.61. The molecule has 1 N–H and O–H groups in total. The lowest BCUT2D eigenvalue weighted by molar-refractivity contribution is 0.125. The first kappa shape index (κ1) is 16.9. The molecule has 0 unspecified atom stereocenters. The molecule has 0 aromatic carbocycles. The Morgan fingerprint density at radius 2 is 1.74 bits per heavy atom. The highest BCUT2D eigenvalue weighted by molar-refractivity contribution is 6.74. The summed E-state index contributed by atoms with van der Waals surface area (Å²) in [6, 6.07) is 0. The molecular weight excluding hydrogens is 252 g/mol. The standard InChI is InChI=1S/C16H32O2Si/c1-13(12-17)11-14-7-9-15(10-8-14)18-19(5,6)16(2,3)4/h11,14-15,17H,7-10,12H2,1-6H3/b13-11+/t14-,15+. The topological polar surface area (TPSA) is 29.5 Å². The number of hydrogen-bond acceptors (Lipinski definition) is 2. The van der Waals surface area contributed by atoms with E-state index in [9.17, 15) is 0 Å². The zero-order chi connectivity index (χ0) is 14.7. The van der Waals surface area contributed by atoms with E-state index in [1.807, 2.05) is 6.92 Å². The van der Waals surface area contributed by atoms with Crippen LogP contribution in [0.5, 0.6) is 0 Å². The molecule has 0 radical (unpaired) electrons. The van der Waals surface area contributed by atoms with E-state index in [-0.39, 0.29) is 6.61 Å². The Kier molecular flexibility index (Phi) is 5.84. The molecule has 112 valence electrons. The van der Waals surface area contributed by atoms with E-state index in [0.717, 1.165) is 5.57 Å². The van der Waals surface area contributed by atoms with Gasteiger partial charge in [0.25, 0.3) is 0 Å². The van der Waals surface area contributed by atoms with E-state index < -0.39 is 8.32 Å². The maximum Gasteiger partial charge on any atom is 0.192 e. The molecule has 1 saturated carbocycles. The SMILES string of the molecule is C/C(=C\[C@H]1CC[C@@H](O[Si](C)(C)C(C)(C)C)CC1)CO. The summed E-state index contributed by atoms with van der Waals surface area (Å²) in [6.45, 7) is 13.8. The van der Waals surface area contributed by atoms with E-state index in [0.29, 0.717) is 17.1 Å². The number of rotatable bonds is 4. The summed E-state index contributed by atoms with van der Waals surface area (Å²) in [4.78, 5) is 0. The molecule has 0 aromatic heterocycles. The highest BCUT2D eigenvalue weighted by atomic mass is 28.4. The van der Waals surface area contributed by atoms with Crippen LogP contribution >= 0.6 is 0 Å². The Bertz CT molecular complexity index is 307. The Balaban J connectivity index is 2.47. The van der Waals surface area contributed by atoms with Crippen molar-refractivity contribution in [2.24, 2.45) is 5.92 Å². The minimum Gasteiger partial charge on any atom is -0.414 e. The first-order valence-electron chi connectivity index (χ1n) is 7.61. The van der Waals surface area contributed by atoms with Gasteiger partial charge in [0.1, 0.15) is 0 Å². The van der Waals surface area contributed by atoms with Gasteiger partial charge in [-0.1, -0.05) is 32.4 Å². The summed E-state index contributed by atoms with van der Waals surface area (Å²) in [7, 11) is -1.61. The monoisotopic (exact) mass is 284 g/mol. The smallest absolute Gasteiger partial charge is 0.192 e. The van der Waals surface area contributed by atoms with Gasteiger partial charge in [-0.2, -0.15) is 0 Å². The lowest BCUT2D eigenvalue weighted by atomic mass is 9.86. The summed E-state index contributed by atoms with van der Waals surface area (Å²) < 4.78 is 6.49. The first-order chi connectivity index (χ1) is 8.65. The van der Waals surface area contributed by atoms with Crippen molar-refractivity contribution < 1.29 is 9.53 Å². The Labute approximate surface area is 120 Å². The van der Waals surface area contributed by atoms with Crippen LogP contribution < -0.4 is 0 Å². The van der Waals surface area contributed by atoms with Crippen molar-refractivity contribution in [3.63, 3.8) is 0 Å². The van der Waals surface area contributed by atoms with Crippen LogP contribution in [0.1, 0.15) is 53.4 Å². The lowest BCUT2D eigenvalue weighted by Crippen LogP contribution is -2.44. The minimum absolute atomic E-state index is 0.195. The molecule has 3 heteroatoms. The predicted octanol–water partition coefficient (Wildman–Crippen LogP) is 4.51. The van der Waals surface area contributed by atoms with Crippen molar-refractivity contribution in [1.29, 1.82) is 0 Å². The molecule has 0 bridgehead atoms. The van der Waals surface area contributed by atoms with Gasteiger partial charge in [0.2, 0.25) is 0 Å². The van der Waals surface area contributed by atoms with Crippen LogP contribution in [-0.4, -0.2) is 26.1 Å². The largest absolute Gasteiger partial charge is 0.414 e. The Morgan fingerprint density at radius 3 is 2.16 bits per heavy atom. The number of aliphatic hydroxyl groups excluding tert-OH is 1. The molecule has 0 atom stereocenters. The normalized spacial score (nSPS) is 26.6. The average Bonchev–Trinajstić information content (AvgIpc) is 2.29. The predicted molar refractivity (Wildman–Crippen MR) is 84.9 cm³/mol. The lowest BCUT2D eigenvalue weighted by Gasteiger charge is -2.41. The van der Waals surface area contributed by atoms with Crippen molar-refractivity contribution in [1.82, 2.24) is 0 Å². The zero-order valence-corrected chi connectivity index (χ0v) is 14.6. The second-order valence-electron chi connectivity index (χ2n) is 7.59. The van der Waals surface area contributed by atoms with Gasteiger partial charge < -0.3 is 9.53 Å². The quantitative estimate of drug-likeness (QED) is 0.608. The van der Waals surface area contributed by atoms with Gasteiger partial charge in [0.05, 0.1) is 6.61 Å². The third kappa shape index (κ3) is 5.05. The highest BCUT2D eigenvalue weighted by Gasteiger charge is 2.39. The molecule has 0 aromatic rings. The van der Waals surface area contributed by atoms with Gasteiger partial charge in [-0.25, -0.2) is 0 Å². The molecule has 2 nitrogen and oxygen atoms in total. The number of hydrogen-bond donors (Lipinski definition) is 1. The number of aliphatic hydroxyl groups is 1. The van der Waals surface area contributed by atoms with Crippen LogP contribution in [0.3, 0.4) is 0 Å². The van der Waals surface area contributed by atoms with Crippen LogP contribution in [0.2, 0.25) is 18.1 Å². The van der Waals surface area contributed by atoms with Crippen molar-refractivity contribution in [2.75, 3.05) is 6.61 Å². The second-order valence-corrected chi connectivity index (χ2v) is 12.3. The second kappa shape index (κ2) is 6.55.